The van der Waals surface area contributed by atoms with Gasteiger partial charge in [0.05, 0.1) is 30.0 Å². The number of hydrogen-bond acceptors (Lipinski definition) is 2. The van der Waals surface area contributed by atoms with Gasteiger partial charge in [0.15, 0.2) is 0 Å². The second-order valence-electron chi connectivity index (χ2n) is 4.69. The van der Waals surface area contributed by atoms with Crippen LogP contribution in [0.4, 0.5) is 0 Å². The van der Waals surface area contributed by atoms with E-state index in [2.05, 4.69) is 11.1 Å². The number of halogens is 1. The van der Waals surface area contributed by atoms with Gasteiger partial charge in [-0.3, -0.25) is 0 Å². The highest BCUT2D eigenvalue weighted by Gasteiger charge is 2.04. The van der Waals surface area contributed by atoms with Crippen molar-refractivity contribution in [2.45, 2.75) is 6.54 Å². The highest BCUT2D eigenvalue weighted by Crippen LogP contribution is 2.16. The molecule has 102 valence electrons. The van der Waals surface area contributed by atoms with Gasteiger partial charge in [0.25, 0.3) is 0 Å². The molecule has 3 rings (SSSR count). The Kier molecular flexibility index (Phi) is 3.72. The number of aromatic nitrogens is 2. The first-order valence-corrected chi connectivity index (χ1v) is 6.90. The van der Waals surface area contributed by atoms with Crippen molar-refractivity contribution in [3.05, 3.63) is 71.0 Å². The Balaban J connectivity index is 1.91. The Bertz CT molecular complexity index is 838. The van der Waals surface area contributed by atoms with Crippen molar-refractivity contribution < 1.29 is 0 Å². The molecular formula is C17H12ClN3. The molecule has 0 aliphatic carbocycles. The van der Waals surface area contributed by atoms with Crippen molar-refractivity contribution >= 4 is 28.7 Å². The molecule has 21 heavy (non-hydrogen) atoms. The van der Waals surface area contributed by atoms with E-state index in [0.717, 1.165) is 16.6 Å². The molecule has 0 aliphatic heterocycles. The maximum atomic E-state index is 9.33. The summed E-state index contributed by atoms with van der Waals surface area (Å²) in [5.41, 5.74) is 3.58. The predicted octanol–water partition coefficient (Wildman–Crippen LogP) is 4.30. The minimum absolute atomic E-state index is 0.500. The van der Waals surface area contributed by atoms with Gasteiger partial charge in [-0.1, -0.05) is 35.9 Å². The van der Waals surface area contributed by atoms with Gasteiger partial charge < -0.3 is 4.57 Å². The molecule has 0 saturated carbocycles. The number of rotatable bonds is 3. The average molecular weight is 294 g/mol. The number of nitriles is 1. The van der Waals surface area contributed by atoms with E-state index in [0.29, 0.717) is 17.1 Å². The lowest BCUT2D eigenvalue weighted by molar-refractivity contribution is 0.830. The third-order valence-corrected chi connectivity index (χ3v) is 3.47. The van der Waals surface area contributed by atoms with Gasteiger partial charge in [0.1, 0.15) is 0 Å². The second-order valence-corrected chi connectivity index (χ2v) is 5.13. The Hall–Kier alpha value is -2.57. The molecule has 0 spiro atoms. The average Bonchev–Trinajstić information content (AvgIpc) is 2.92. The van der Waals surface area contributed by atoms with E-state index in [1.54, 1.807) is 6.33 Å². The lowest BCUT2D eigenvalue weighted by Gasteiger charge is -2.03. The zero-order valence-corrected chi connectivity index (χ0v) is 12.0. The molecule has 0 saturated heterocycles. The SMILES string of the molecule is N#C/C(=C/c1ccc(Cl)cc1)Cn1cnc2ccccc21. The fraction of sp³-hybridized carbons (Fsp3) is 0.0588. The molecule has 0 fully saturated rings. The van der Waals surface area contributed by atoms with E-state index in [9.17, 15) is 5.26 Å². The quantitative estimate of drug-likeness (QED) is 0.676. The van der Waals surface area contributed by atoms with Crippen LogP contribution in [0, 0.1) is 11.3 Å². The summed E-state index contributed by atoms with van der Waals surface area (Å²) >= 11 is 5.86. The fourth-order valence-corrected chi connectivity index (χ4v) is 2.32. The Morgan fingerprint density at radius 1 is 1.19 bits per heavy atom. The Morgan fingerprint density at radius 3 is 2.71 bits per heavy atom. The van der Waals surface area contributed by atoms with Crippen molar-refractivity contribution in [3.8, 4) is 6.07 Å². The summed E-state index contributed by atoms with van der Waals surface area (Å²) in [5, 5.41) is 10.0. The van der Waals surface area contributed by atoms with Crippen LogP contribution in [0.25, 0.3) is 17.1 Å². The van der Waals surface area contributed by atoms with Gasteiger partial charge in [0.2, 0.25) is 0 Å². The molecular weight excluding hydrogens is 282 g/mol. The van der Waals surface area contributed by atoms with Crippen LogP contribution in [0.15, 0.2) is 60.4 Å². The van der Waals surface area contributed by atoms with E-state index in [-0.39, 0.29) is 0 Å². The Labute approximate surface area is 127 Å². The number of imidazole rings is 1. The van der Waals surface area contributed by atoms with E-state index < -0.39 is 0 Å². The molecule has 1 heterocycles. The normalized spacial score (nSPS) is 11.5. The molecule has 3 aromatic rings. The van der Waals surface area contributed by atoms with Gasteiger partial charge in [-0.25, -0.2) is 4.98 Å². The minimum Gasteiger partial charge on any atom is -0.325 e. The van der Waals surface area contributed by atoms with Crippen LogP contribution in [-0.4, -0.2) is 9.55 Å². The molecule has 2 aromatic carbocycles. The third-order valence-electron chi connectivity index (χ3n) is 3.22. The van der Waals surface area contributed by atoms with Crippen LogP contribution in [0.3, 0.4) is 0 Å². The molecule has 0 N–H and O–H groups in total. The first kappa shape index (κ1) is 13.4. The van der Waals surface area contributed by atoms with Crippen molar-refractivity contribution in [1.29, 1.82) is 5.26 Å². The molecule has 3 nitrogen and oxygen atoms in total. The predicted molar refractivity (Wildman–Crippen MR) is 84.8 cm³/mol. The standard InChI is InChI=1S/C17H12ClN3/c18-15-7-5-13(6-8-15)9-14(10-19)11-21-12-20-16-3-1-2-4-17(16)21/h1-9,12H,11H2/b14-9-. The topological polar surface area (TPSA) is 41.6 Å². The van der Waals surface area contributed by atoms with Gasteiger partial charge >= 0.3 is 0 Å². The van der Waals surface area contributed by atoms with Crippen LogP contribution < -0.4 is 0 Å². The summed E-state index contributed by atoms with van der Waals surface area (Å²) in [6.45, 7) is 0.500. The zero-order chi connectivity index (χ0) is 14.7. The molecule has 0 unspecified atom stereocenters. The van der Waals surface area contributed by atoms with E-state index >= 15 is 0 Å². The first-order chi connectivity index (χ1) is 10.3. The number of hydrogen-bond donors (Lipinski definition) is 0. The monoisotopic (exact) mass is 293 g/mol. The van der Waals surface area contributed by atoms with Crippen molar-refractivity contribution in [2.75, 3.05) is 0 Å². The highest BCUT2D eigenvalue weighted by atomic mass is 35.5. The molecule has 0 bridgehead atoms. The maximum Gasteiger partial charge on any atom is 0.0966 e. The lowest BCUT2D eigenvalue weighted by Crippen LogP contribution is -1.98. The van der Waals surface area contributed by atoms with Crippen molar-refractivity contribution in [1.82, 2.24) is 9.55 Å². The summed E-state index contributed by atoms with van der Waals surface area (Å²) in [5.74, 6) is 0. The molecule has 0 radical (unpaired) electrons. The number of nitrogens with zero attached hydrogens (tertiary/aromatic N) is 3. The minimum atomic E-state index is 0.500. The van der Waals surface area contributed by atoms with Crippen LogP contribution in [-0.2, 0) is 6.54 Å². The summed E-state index contributed by atoms with van der Waals surface area (Å²) in [4.78, 5) is 4.33. The molecule has 1 aromatic heterocycles. The van der Waals surface area contributed by atoms with Gasteiger partial charge in [-0.05, 0) is 35.9 Å². The van der Waals surface area contributed by atoms with Crippen LogP contribution >= 0.6 is 11.6 Å². The summed E-state index contributed by atoms with van der Waals surface area (Å²) < 4.78 is 1.97. The fourth-order valence-electron chi connectivity index (χ4n) is 2.19. The maximum absolute atomic E-state index is 9.33. The number of fused-ring (bicyclic) bond motifs is 1. The van der Waals surface area contributed by atoms with Crippen LogP contribution in [0.2, 0.25) is 5.02 Å². The lowest BCUT2D eigenvalue weighted by atomic mass is 10.1. The van der Waals surface area contributed by atoms with Gasteiger partial charge in [-0.2, -0.15) is 5.26 Å². The summed E-state index contributed by atoms with van der Waals surface area (Å²) in [6, 6.07) is 17.5. The van der Waals surface area contributed by atoms with Crippen LogP contribution in [0.1, 0.15) is 5.56 Å². The molecule has 4 heteroatoms. The number of para-hydroxylation sites is 2. The smallest absolute Gasteiger partial charge is 0.0966 e. The van der Waals surface area contributed by atoms with Crippen molar-refractivity contribution in [3.63, 3.8) is 0 Å². The van der Waals surface area contributed by atoms with Crippen molar-refractivity contribution in [2.24, 2.45) is 0 Å². The summed E-state index contributed by atoms with van der Waals surface area (Å²) in [7, 11) is 0. The molecule has 0 aliphatic rings. The number of benzene rings is 2. The first-order valence-electron chi connectivity index (χ1n) is 6.52. The zero-order valence-electron chi connectivity index (χ0n) is 11.2. The highest BCUT2D eigenvalue weighted by molar-refractivity contribution is 6.30. The number of allylic oxidation sites excluding steroid dienone is 1. The van der Waals surface area contributed by atoms with Crippen LogP contribution in [0.5, 0.6) is 0 Å². The Morgan fingerprint density at radius 2 is 1.95 bits per heavy atom. The van der Waals surface area contributed by atoms with E-state index in [4.69, 9.17) is 11.6 Å². The van der Waals surface area contributed by atoms with E-state index in [1.807, 2.05) is 59.2 Å². The van der Waals surface area contributed by atoms with Gasteiger partial charge in [-0.15, -0.1) is 0 Å². The molecule has 0 atom stereocenters. The molecule has 0 amide bonds. The van der Waals surface area contributed by atoms with E-state index in [1.165, 1.54) is 0 Å². The third kappa shape index (κ3) is 2.96. The second kappa shape index (κ2) is 5.82. The van der Waals surface area contributed by atoms with Gasteiger partial charge in [0, 0.05) is 10.6 Å². The largest absolute Gasteiger partial charge is 0.325 e. The summed E-state index contributed by atoms with van der Waals surface area (Å²) in [6.07, 6.45) is 3.63.